The molecule has 3 heterocycles. The van der Waals surface area contributed by atoms with Crippen LogP contribution in [-0.2, 0) is 7.05 Å². The van der Waals surface area contributed by atoms with E-state index in [-0.39, 0.29) is 34.5 Å². The van der Waals surface area contributed by atoms with Gasteiger partial charge in [-0.05, 0) is 47.5 Å². The highest BCUT2D eigenvalue weighted by molar-refractivity contribution is 5.95. The Bertz CT molecular complexity index is 1580. The molecule has 0 radical (unpaired) electrons. The number of hydrogen-bond acceptors (Lipinski definition) is 6. The first-order valence-corrected chi connectivity index (χ1v) is 12.0. The van der Waals surface area contributed by atoms with E-state index in [4.69, 9.17) is 0 Å². The first-order valence-electron chi connectivity index (χ1n) is 12.0. The molecule has 0 unspecified atom stereocenters. The number of rotatable bonds is 5. The van der Waals surface area contributed by atoms with Crippen molar-refractivity contribution in [1.29, 1.82) is 5.26 Å². The monoisotopic (exact) mass is 515 g/mol. The highest BCUT2D eigenvalue weighted by Gasteiger charge is 2.30. The maximum absolute atomic E-state index is 13.7. The number of nitrogens with zero attached hydrogens (tertiary/aromatic N) is 5. The lowest BCUT2D eigenvalue weighted by Gasteiger charge is -2.41. The Labute approximate surface area is 216 Å². The van der Waals surface area contributed by atoms with Crippen LogP contribution in [0.1, 0.15) is 33.2 Å². The van der Waals surface area contributed by atoms with Crippen LogP contribution >= 0.6 is 0 Å². The van der Waals surface area contributed by atoms with E-state index < -0.39 is 11.5 Å². The average Bonchev–Trinajstić information content (AvgIpc) is 2.93. The number of hydrogen-bond donors (Lipinski definition) is 1. The van der Waals surface area contributed by atoms with Gasteiger partial charge in [-0.1, -0.05) is 24.3 Å². The quantitative estimate of drug-likeness (QED) is 0.433. The Balaban J connectivity index is 1.53. The van der Waals surface area contributed by atoms with Gasteiger partial charge in [0.05, 0.1) is 17.2 Å². The van der Waals surface area contributed by atoms with Crippen molar-refractivity contribution in [2.45, 2.75) is 6.04 Å². The largest absolute Gasteiger partial charge is 0.477 e. The van der Waals surface area contributed by atoms with E-state index in [9.17, 15) is 28.7 Å². The predicted molar refractivity (Wildman–Crippen MR) is 137 cm³/mol. The molecule has 0 aliphatic carbocycles. The summed E-state index contributed by atoms with van der Waals surface area (Å²) in [4.78, 5) is 32.9. The second kappa shape index (κ2) is 10.0. The van der Waals surface area contributed by atoms with E-state index in [0.29, 0.717) is 37.4 Å². The first kappa shape index (κ1) is 25.0. The Morgan fingerprint density at radius 3 is 2.00 bits per heavy atom. The lowest BCUT2D eigenvalue weighted by atomic mass is 9.96. The SMILES string of the molecule is Cn1c(=O)c(C#N)c(N2CCN(C(c3ccc(F)cc3)c3ccc(F)cc3)CC2)c2nc(C(=O)O)ccc21. The lowest BCUT2D eigenvalue weighted by molar-refractivity contribution is 0.0691. The van der Waals surface area contributed by atoms with Crippen molar-refractivity contribution in [3.8, 4) is 6.07 Å². The Morgan fingerprint density at radius 1 is 0.947 bits per heavy atom. The summed E-state index contributed by atoms with van der Waals surface area (Å²) < 4.78 is 28.6. The highest BCUT2D eigenvalue weighted by Crippen LogP contribution is 2.33. The van der Waals surface area contributed by atoms with Crippen molar-refractivity contribution in [3.05, 3.63) is 105 Å². The van der Waals surface area contributed by atoms with Crippen molar-refractivity contribution >= 4 is 22.7 Å². The Hall–Kier alpha value is -4.62. The van der Waals surface area contributed by atoms with Gasteiger partial charge >= 0.3 is 5.97 Å². The number of nitriles is 1. The van der Waals surface area contributed by atoms with Crippen LogP contribution in [0.2, 0.25) is 0 Å². The van der Waals surface area contributed by atoms with Gasteiger partial charge < -0.3 is 14.6 Å². The van der Waals surface area contributed by atoms with Gasteiger partial charge in [-0.15, -0.1) is 0 Å². The Kier molecular flexibility index (Phi) is 6.61. The molecule has 4 aromatic rings. The van der Waals surface area contributed by atoms with Crippen LogP contribution in [0.4, 0.5) is 14.5 Å². The van der Waals surface area contributed by atoms with Crippen LogP contribution in [0.3, 0.4) is 0 Å². The average molecular weight is 516 g/mol. The number of pyridine rings is 2. The fraction of sp³-hybridized carbons (Fsp3) is 0.214. The maximum atomic E-state index is 13.7. The van der Waals surface area contributed by atoms with Gasteiger partial charge in [-0.25, -0.2) is 18.6 Å². The number of benzene rings is 2. The third kappa shape index (κ3) is 4.48. The van der Waals surface area contributed by atoms with Gasteiger partial charge in [0.2, 0.25) is 0 Å². The number of piperazine rings is 1. The molecule has 0 amide bonds. The standard InChI is InChI=1S/C28H23F2N5O3/c1-33-23-11-10-22(28(37)38)32-24(23)26(21(16-31)27(33)36)35-14-12-34(13-15-35)25(17-2-6-19(29)7-3-17)18-4-8-20(30)9-5-18/h2-11,25H,12-15H2,1H3,(H,37,38). The summed E-state index contributed by atoms with van der Waals surface area (Å²) in [6.07, 6.45) is 0. The topological polar surface area (TPSA) is 102 Å². The minimum absolute atomic E-state index is 0.0999. The molecular formula is C28H23F2N5O3. The van der Waals surface area contributed by atoms with Crippen LogP contribution in [0, 0.1) is 23.0 Å². The molecule has 1 fully saturated rings. The van der Waals surface area contributed by atoms with E-state index in [1.165, 1.54) is 48.0 Å². The number of carboxylic acid groups (broad SMARTS) is 1. The summed E-state index contributed by atoms with van der Waals surface area (Å²) in [6, 6.07) is 16.9. The number of aromatic nitrogens is 2. The van der Waals surface area contributed by atoms with E-state index in [2.05, 4.69) is 9.88 Å². The van der Waals surface area contributed by atoms with Crippen LogP contribution in [0.25, 0.3) is 11.0 Å². The predicted octanol–water partition coefficient (Wildman–Crippen LogP) is 3.69. The van der Waals surface area contributed by atoms with Gasteiger partial charge in [-0.3, -0.25) is 9.69 Å². The molecule has 1 aliphatic rings. The molecule has 2 aromatic heterocycles. The molecule has 1 saturated heterocycles. The molecular weight excluding hydrogens is 492 g/mol. The molecule has 2 aromatic carbocycles. The van der Waals surface area contributed by atoms with E-state index >= 15 is 0 Å². The molecule has 10 heteroatoms. The van der Waals surface area contributed by atoms with Crippen LogP contribution < -0.4 is 10.5 Å². The second-order valence-electron chi connectivity index (χ2n) is 9.10. The highest BCUT2D eigenvalue weighted by atomic mass is 19.1. The molecule has 192 valence electrons. The number of carbonyl (C=O) groups is 1. The number of aromatic carboxylic acids is 1. The van der Waals surface area contributed by atoms with Crippen LogP contribution in [0.5, 0.6) is 0 Å². The summed E-state index contributed by atoms with van der Waals surface area (Å²) in [5.74, 6) is -1.92. The summed E-state index contributed by atoms with van der Waals surface area (Å²) in [5, 5.41) is 19.3. The number of halogens is 2. The molecule has 0 bridgehead atoms. The zero-order valence-electron chi connectivity index (χ0n) is 20.4. The third-order valence-electron chi connectivity index (χ3n) is 6.91. The molecule has 0 spiro atoms. The third-order valence-corrected chi connectivity index (χ3v) is 6.91. The normalized spacial score (nSPS) is 14.1. The van der Waals surface area contributed by atoms with Crippen LogP contribution in [0.15, 0.2) is 65.5 Å². The minimum atomic E-state index is -1.21. The fourth-order valence-electron chi connectivity index (χ4n) is 5.03. The van der Waals surface area contributed by atoms with Crippen molar-refractivity contribution in [2.75, 3.05) is 31.1 Å². The van der Waals surface area contributed by atoms with E-state index in [1.807, 2.05) is 11.0 Å². The van der Waals surface area contributed by atoms with Crippen molar-refractivity contribution in [2.24, 2.45) is 7.05 Å². The molecule has 1 aliphatic heterocycles. The molecule has 8 nitrogen and oxygen atoms in total. The zero-order chi connectivity index (χ0) is 27.0. The molecule has 1 N–H and O–H groups in total. The number of anilines is 1. The second-order valence-corrected chi connectivity index (χ2v) is 9.10. The van der Waals surface area contributed by atoms with E-state index in [0.717, 1.165) is 11.1 Å². The summed E-state index contributed by atoms with van der Waals surface area (Å²) in [5.41, 5.74) is 1.92. The van der Waals surface area contributed by atoms with E-state index in [1.54, 1.807) is 24.3 Å². The Morgan fingerprint density at radius 2 is 1.50 bits per heavy atom. The maximum Gasteiger partial charge on any atom is 0.354 e. The van der Waals surface area contributed by atoms with Crippen molar-refractivity contribution in [1.82, 2.24) is 14.5 Å². The molecule has 38 heavy (non-hydrogen) atoms. The number of carboxylic acids is 1. The fourth-order valence-corrected chi connectivity index (χ4v) is 5.03. The van der Waals surface area contributed by atoms with Gasteiger partial charge in [0.1, 0.15) is 34.5 Å². The lowest BCUT2D eigenvalue weighted by Crippen LogP contribution is -2.48. The first-order chi connectivity index (χ1) is 18.3. The smallest absolute Gasteiger partial charge is 0.354 e. The number of aryl methyl sites for hydroxylation is 1. The molecule has 5 rings (SSSR count). The minimum Gasteiger partial charge on any atom is -0.477 e. The summed E-state index contributed by atoms with van der Waals surface area (Å²) >= 11 is 0. The zero-order valence-corrected chi connectivity index (χ0v) is 20.4. The molecule has 0 saturated carbocycles. The van der Waals surface area contributed by atoms with Gasteiger partial charge in [-0.2, -0.15) is 5.26 Å². The van der Waals surface area contributed by atoms with Gasteiger partial charge in [0.15, 0.2) is 0 Å². The number of fused-ring (bicyclic) bond motifs is 1. The van der Waals surface area contributed by atoms with Crippen molar-refractivity contribution < 1.29 is 18.7 Å². The van der Waals surface area contributed by atoms with Crippen LogP contribution in [-0.4, -0.2) is 51.7 Å². The van der Waals surface area contributed by atoms with Gasteiger partial charge in [0.25, 0.3) is 5.56 Å². The summed E-state index contributed by atoms with van der Waals surface area (Å²) in [7, 11) is 1.52. The summed E-state index contributed by atoms with van der Waals surface area (Å²) in [6.45, 7) is 1.82. The van der Waals surface area contributed by atoms with Gasteiger partial charge in [0, 0.05) is 33.2 Å². The molecule has 0 atom stereocenters. The van der Waals surface area contributed by atoms with Crippen molar-refractivity contribution in [3.63, 3.8) is 0 Å².